The van der Waals surface area contributed by atoms with Crippen molar-refractivity contribution >= 4 is 38.4 Å². The second-order valence-corrected chi connectivity index (χ2v) is 8.00. The van der Waals surface area contributed by atoms with Crippen LogP contribution in [-0.4, -0.2) is 28.3 Å². The van der Waals surface area contributed by atoms with Gasteiger partial charge in [-0.2, -0.15) is 0 Å². The maximum atomic E-state index is 6.50. The molecule has 0 aliphatic rings. The summed E-state index contributed by atoms with van der Waals surface area (Å²) in [6.45, 7) is 2.98. The molecule has 0 radical (unpaired) electrons. The Morgan fingerprint density at radius 1 is 1.10 bits per heavy atom. The average molecular weight is 475 g/mol. The minimum absolute atomic E-state index is 0.645. The summed E-state index contributed by atoms with van der Waals surface area (Å²) in [5.74, 6) is 1.30. The molecule has 5 nitrogen and oxygen atoms in total. The van der Waals surface area contributed by atoms with E-state index in [4.69, 9.17) is 21.1 Å². The molecule has 0 N–H and O–H groups in total. The normalized spacial score (nSPS) is 11.2. The molecule has 2 aromatic heterocycles. The number of hydrogen-bond acceptors (Lipinski definition) is 3. The van der Waals surface area contributed by atoms with Gasteiger partial charge in [-0.1, -0.05) is 17.7 Å². The van der Waals surface area contributed by atoms with Crippen LogP contribution < -0.4 is 9.47 Å². The zero-order valence-electron chi connectivity index (χ0n) is 16.7. The van der Waals surface area contributed by atoms with E-state index in [0.717, 1.165) is 49.5 Å². The van der Waals surface area contributed by atoms with Crippen molar-refractivity contribution in [2.45, 2.75) is 13.5 Å². The van der Waals surface area contributed by atoms with Gasteiger partial charge in [0.1, 0.15) is 0 Å². The molecule has 0 amide bonds. The summed E-state index contributed by atoms with van der Waals surface area (Å²) in [5, 5.41) is 1.79. The van der Waals surface area contributed by atoms with Gasteiger partial charge in [-0.25, -0.2) is 4.98 Å². The Hall–Kier alpha value is -2.44. The van der Waals surface area contributed by atoms with E-state index >= 15 is 0 Å². The van der Waals surface area contributed by atoms with Gasteiger partial charge in [-0.05, 0) is 47.1 Å². The Kier molecular flexibility index (Phi) is 5.32. The number of rotatable bonds is 5. The summed E-state index contributed by atoms with van der Waals surface area (Å²) in [6, 6.07) is 10.3. The van der Waals surface area contributed by atoms with Crippen molar-refractivity contribution in [2.24, 2.45) is 7.05 Å². The first-order chi connectivity index (χ1) is 14.0. The van der Waals surface area contributed by atoms with E-state index in [9.17, 15) is 0 Å². The molecule has 0 fully saturated rings. The zero-order chi connectivity index (χ0) is 20.7. The van der Waals surface area contributed by atoms with Gasteiger partial charge in [0.2, 0.25) is 0 Å². The van der Waals surface area contributed by atoms with Gasteiger partial charge in [-0.15, -0.1) is 0 Å². The number of benzene rings is 2. The lowest BCUT2D eigenvalue weighted by Gasteiger charge is -2.13. The van der Waals surface area contributed by atoms with Crippen LogP contribution in [0.25, 0.3) is 33.4 Å². The number of imidazole rings is 1. The smallest absolute Gasteiger partial charge is 0.174 e. The Labute approximate surface area is 183 Å². The molecule has 7 heteroatoms. The van der Waals surface area contributed by atoms with Crippen LogP contribution in [0.1, 0.15) is 6.92 Å². The van der Waals surface area contributed by atoms with Crippen molar-refractivity contribution in [3.05, 3.63) is 52.4 Å². The zero-order valence-corrected chi connectivity index (χ0v) is 19.0. The highest BCUT2D eigenvalue weighted by Crippen LogP contribution is 2.42. The molecule has 0 bridgehead atoms. The third-order valence-electron chi connectivity index (χ3n) is 5.09. The van der Waals surface area contributed by atoms with Gasteiger partial charge < -0.3 is 18.6 Å². The van der Waals surface area contributed by atoms with E-state index in [-0.39, 0.29) is 0 Å². The highest BCUT2D eigenvalue weighted by Gasteiger charge is 2.19. The van der Waals surface area contributed by atoms with Crippen LogP contribution >= 0.6 is 27.5 Å². The second kappa shape index (κ2) is 7.76. The largest absolute Gasteiger partial charge is 0.493 e. The predicted octanol–water partition coefficient (Wildman–Crippen LogP) is 6.16. The molecule has 4 rings (SSSR count). The van der Waals surface area contributed by atoms with E-state index in [1.807, 2.05) is 36.3 Å². The molecule has 0 aliphatic heterocycles. The third kappa shape index (κ3) is 3.30. The van der Waals surface area contributed by atoms with Crippen LogP contribution in [0, 0.1) is 0 Å². The molecular weight excluding hydrogens is 454 g/mol. The van der Waals surface area contributed by atoms with Gasteiger partial charge in [0.25, 0.3) is 0 Å². The number of methoxy groups -OCH3 is 2. The van der Waals surface area contributed by atoms with Crippen molar-refractivity contribution in [3.63, 3.8) is 0 Å². The summed E-state index contributed by atoms with van der Waals surface area (Å²) in [4.78, 5) is 4.67. The third-order valence-corrected chi connectivity index (χ3v) is 5.98. The van der Waals surface area contributed by atoms with Crippen LogP contribution in [0.2, 0.25) is 5.02 Å². The quantitative estimate of drug-likeness (QED) is 0.348. The first-order valence-corrected chi connectivity index (χ1v) is 10.4. The van der Waals surface area contributed by atoms with Gasteiger partial charge in [0, 0.05) is 41.8 Å². The molecule has 2 aromatic carbocycles. The summed E-state index contributed by atoms with van der Waals surface area (Å²) >= 11 is 10.1. The van der Waals surface area contributed by atoms with Gasteiger partial charge >= 0.3 is 0 Å². The summed E-state index contributed by atoms with van der Waals surface area (Å²) in [5.41, 5.74) is 4.97. The molecule has 0 saturated carbocycles. The van der Waals surface area contributed by atoms with Crippen molar-refractivity contribution in [2.75, 3.05) is 14.2 Å². The van der Waals surface area contributed by atoms with E-state index < -0.39 is 0 Å². The van der Waals surface area contributed by atoms with Crippen LogP contribution in [0.15, 0.2) is 47.3 Å². The first-order valence-electron chi connectivity index (χ1n) is 9.20. The van der Waals surface area contributed by atoms with Crippen molar-refractivity contribution in [1.29, 1.82) is 0 Å². The monoisotopic (exact) mass is 473 g/mol. The Bertz CT molecular complexity index is 1210. The minimum atomic E-state index is 0.645. The molecule has 0 aliphatic carbocycles. The van der Waals surface area contributed by atoms with E-state index in [2.05, 4.69) is 50.6 Å². The van der Waals surface area contributed by atoms with Crippen LogP contribution in [0.5, 0.6) is 11.5 Å². The van der Waals surface area contributed by atoms with Crippen molar-refractivity contribution in [3.8, 4) is 34.0 Å². The highest BCUT2D eigenvalue weighted by atomic mass is 79.9. The number of fused-ring (bicyclic) bond motifs is 1. The van der Waals surface area contributed by atoms with Gasteiger partial charge in [0.05, 0.1) is 41.4 Å². The Balaban J connectivity index is 1.91. The van der Waals surface area contributed by atoms with E-state index in [1.165, 1.54) is 0 Å². The lowest BCUT2D eigenvalue weighted by atomic mass is 10.0. The Morgan fingerprint density at radius 2 is 1.90 bits per heavy atom. The van der Waals surface area contributed by atoms with Crippen molar-refractivity contribution in [1.82, 2.24) is 14.1 Å². The highest BCUT2D eigenvalue weighted by molar-refractivity contribution is 9.10. The molecule has 0 saturated heterocycles. The molecule has 4 aromatic rings. The number of hydrogen-bond donors (Lipinski definition) is 0. The summed E-state index contributed by atoms with van der Waals surface area (Å²) in [7, 11) is 5.24. The molecular formula is C22H21BrClN3O2. The summed E-state index contributed by atoms with van der Waals surface area (Å²) < 4.78 is 15.9. The van der Waals surface area contributed by atoms with Gasteiger partial charge in [-0.3, -0.25) is 0 Å². The first kappa shape index (κ1) is 19.9. The van der Waals surface area contributed by atoms with Crippen LogP contribution in [0.4, 0.5) is 0 Å². The van der Waals surface area contributed by atoms with E-state index in [1.54, 1.807) is 14.2 Å². The predicted molar refractivity (Wildman–Crippen MR) is 121 cm³/mol. The van der Waals surface area contributed by atoms with Crippen LogP contribution in [-0.2, 0) is 13.6 Å². The topological polar surface area (TPSA) is 41.2 Å². The number of aryl methyl sites for hydroxylation is 2. The fourth-order valence-electron chi connectivity index (χ4n) is 3.70. The average Bonchev–Trinajstić information content (AvgIpc) is 3.26. The maximum absolute atomic E-state index is 6.50. The van der Waals surface area contributed by atoms with Crippen LogP contribution in [0.3, 0.4) is 0 Å². The molecule has 0 atom stereocenters. The molecule has 0 spiro atoms. The SMILES string of the molecule is CCn1cc(Cl)c2cc(-c3c(-c4cc(Br)c(OC)c(OC)c4)ncn3C)ccc21. The summed E-state index contributed by atoms with van der Waals surface area (Å²) in [6.07, 6.45) is 3.80. The number of ether oxygens (including phenoxy) is 2. The molecule has 0 unspecified atom stereocenters. The number of aromatic nitrogens is 3. The van der Waals surface area contributed by atoms with Gasteiger partial charge in [0.15, 0.2) is 11.5 Å². The van der Waals surface area contributed by atoms with E-state index in [0.29, 0.717) is 11.5 Å². The Morgan fingerprint density at radius 3 is 2.59 bits per heavy atom. The maximum Gasteiger partial charge on any atom is 0.174 e. The fourth-order valence-corrected chi connectivity index (χ4v) is 4.57. The minimum Gasteiger partial charge on any atom is -0.493 e. The lowest BCUT2D eigenvalue weighted by Crippen LogP contribution is -1.95. The second-order valence-electron chi connectivity index (χ2n) is 6.74. The number of nitrogens with zero attached hydrogens (tertiary/aromatic N) is 3. The van der Waals surface area contributed by atoms with Crippen molar-refractivity contribution < 1.29 is 9.47 Å². The lowest BCUT2D eigenvalue weighted by molar-refractivity contribution is 0.353. The number of halogens is 2. The standard InChI is InChI=1S/C22H21BrClN3O2/c1-5-27-11-17(24)15-8-13(6-7-18(15)27)21-20(25-12-26(21)2)14-9-16(23)22(29-4)19(10-14)28-3/h6-12H,5H2,1-4H3. The molecule has 2 heterocycles. The fraction of sp³-hybridized carbons (Fsp3) is 0.227. The molecule has 29 heavy (non-hydrogen) atoms. The molecule has 150 valence electrons.